The minimum absolute atomic E-state index is 0.0981. The summed E-state index contributed by atoms with van der Waals surface area (Å²) >= 11 is 1.59. The van der Waals surface area contributed by atoms with E-state index in [2.05, 4.69) is 10.4 Å². The van der Waals surface area contributed by atoms with Crippen molar-refractivity contribution in [3.05, 3.63) is 52.2 Å². The molecule has 1 aromatic carbocycles. The van der Waals surface area contributed by atoms with Gasteiger partial charge in [-0.25, -0.2) is 9.80 Å². The molecule has 2 aromatic rings. The molecule has 33 heavy (non-hydrogen) atoms. The van der Waals surface area contributed by atoms with E-state index in [1.807, 2.05) is 62.5 Å². The molecular formula is C24H32N4O4S. The summed E-state index contributed by atoms with van der Waals surface area (Å²) in [5.41, 5.74) is 1.40. The van der Waals surface area contributed by atoms with Crippen molar-refractivity contribution in [1.29, 1.82) is 0 Å². The van der Waals surface area contributed by atoms with Gasteiger partial charge in [0, 0.05) is 25.6 Å². The van der Waals surface area contributed by atoms with E-state index in [0.717, 1.165) is 21.9 Å². The van der Waals surface area contributed by atoms with Gasteiger partial charge in [-0.15, -0.1) is 11.3 Å². The Morgan fingerprint density at radius 2 is 1.94 bits per heavy atom. The number of carbonyl (C=O) groups is 2. The second kappa shape index (κ2) is 10.8. The first-order valence-electron chi connectivity index (χ1n) is 10.8. The molecule has 0 aliphatic carbocycles. The van der Waals surface area contributed by atoms with E-state index in [-0.39, 0.29) is 24.5 Å². The number of amides is 3. The lowest BCUT2D eigenvalue weighted by atomic mass is 10.0. The van der Waals surface area contributed by atoms with Crippen molar-refractivity contribution < 1.29 is 19.1 Å². The van der Waals surface area contributed by atoms with E-state index in [4.69, 9.17) is 9.47 Å². The molecule has 1 atom stereocenters. The molecule has 0 unspecified atom stereocenters. The van der Waals surface area contributed by atoms with Gasteiger partial charge in [-0.1, -0.05) is 18.2 Å². The fraction of sp³-hybridized carbons (Fsp3) is 0.458. The van der Waals surface area contributed by atoms with Gasteiger partial charge >= 0.3 is 6.03 Å². The molecule has 1 aromatic heterocycles. The first kappa shape index (κ1) is 24.7. The lowest BCUT2D eigenvalue weighted by Gasteiger charge is -2.30. The fourth-order valence-corrected chi connectivity index (χ4v) is 4.23. The number of nitrogens with zero attached hydrogens (tertiary/aromatic N) is 3. The van der Waals surface area contributed by atoms with Crippen LogP contribution >= 0.6 is 11.3 Å². The quantitative estimate of drug-likeness (QED) is 0.632. The molecule has 0 fully saturated rings. The van der Waals surface area contributed by atoms with Gasteiger partial charge in [0.05, 0.1) is 30.3 Å². The van der Waals surface area contributed by atoms with Crippen LogP contribution in [0.25, 0.3) is 0 Å². The van der Waals surface area contributed by atoms with Crippen LogP contribution in [0, 0.1) is 0 Å². The van der Waals surface area contributed by atoms with E-state index in [0.29, 0.717) is 19.6 Å². The molecule has 3 rings (SSSR count). The average Bonchev–Trinajstić information content (AvgIpc) is 3.45. The van der Waals surface area contributed by atoms with Crippen LogP contribution in [0.2, 0.25) is 0 Å². The van der Waals surface area contributed by atoms with E-state index in [1.54, 1.807) is 25.6 Å². The summed E-state index contributed by atoms with van der Waals surface area (Å²) in [6.45, 7) is 6.24. The van der Waals surface area contributed by atoms with E-state index in [9.17, 15) is 9.59 Å². The summed E-state index contributed by atoms with van der Waals surface area (Å²) in [6, 6.07) is 11.1. The van der Waals surface area contributed by atoms with Gasteiger partial charge in [0.1, 0.15) is 12.3 Å². The normalized spacial score (nSPS) is 15.8. The molecule has 3 amide bonds. The molecule has 0 saturated heterocycles. The Bertz CT molecular complexity index is 967. The molecule has 178 valence electrons. The molecule has 0 spiro atoms. The third-order valence-corrected chi connectivity index (χ3v) is 6.05. The second-order valence-corrected chi connectivity index (χ2v) is 9.80. The zero-order valence-electron chi connectivity index (χ0n) is 19.8. The Labute approximate surface area is 199 Å². The van der Waals surface area contributed by atoms with E-state index in [1.165, 1.54) is 9.91 Å². The molecule has 8 nitrogen and oxygen atoms in total. The second-order valence-electron chi connectivity index (χ2n) is 8.85. The maximum atomic E-state index is 13.4. The Kier molecular flexibility index (Phi) is 8.10. The van der Waals surface area contributed by atoms with Crippen LogP contribution < -0.4 is 10.1 Å². The van der Waals surface area contributed by atoms with Crippen LogP contribution in [-0.4, -0.2) is 67.0 Å². The van der Waals surface area contributed by atoms with Gasteiger partial charge < -0.3 is 19.7 Å². The van der Waals surface area contributed by atoms with Gasteiger partial charge in [0.15, 0.2) is 0 Å². The van der Waals surface area contributed by atoms with Crippen LogP contribution in [0.3, 0.4) is 0 Å². The number of urea groups is 1. The summed E-state index contributed by atoms with van der Waals surface area (Å²) < 4.78 is 10.4. The molecule has 9 heteroatoms. The molecule has 1 N–H and O–H groups in total. The number of methoxy groups -OCH3 is 2. The largest absolute Gasteiger partial charge is 0.497 e. The molecule has 0 radical (unpaired) electrons. The topological polar surface area (TPSA) is 83.5 Å². The van der Waals surface area contributed by atoms with Gasteiger partial charge in [0.25, 0.3) is 5.91 Å². The number of hydrogen-bond donors (Lipinski definition) is 1. The SMILES string of the molecule is COCCN(CC(=O)N1N=C(c2cccs2)C[C@@H]1c1ccc(OC)cc1)C(=O)NC(C)(C)C. The molecule has 0 saturated carbocycles. The number of benzene rings is 1. The first-order valence-corrected chi connectivity index (χ1v) is 11.7. The van der Waals surface area contributed by atoms with Crippen LogP contribution in [0.5, 0.6) is 5.75 Å². The highest BCUT2D eigenvalue weighted by Gasteiger charge is 2.35. The highest BCUT2D eigenvalue weighted by Crippen LogP contribution is 2.34. The van der Waals surface area contributed by atoms with E-state index < -0.39 is 5.54 Å². The van der Waals surface area contributed by atoms with Gasteiger partial charge in [-0.2, -0.15) is 5.10 Å². The van der Waals surface area contributed by atoms with Crippen molar-refractivity contribution in [2.24, 2.45) is 5.10 Å². The Morgan fingerprint density at radius 1 is 1.21 bits per heavy atom. The zero-order chi connectivity index (χ0) is 24.0. The average molecular weight is 473 g/mol. The number of rotatable bonds is 8. The number of hydrogen-bond acceptors (Lipinski definition) is 6. The summed E-state index contributed by atoms with van der Waals surface area (Å²) in [5, 5.41) is 11.1. The monoisotopic (exact) mass is 472 g/mol. The van der Waals surface area contributed by atoms with Crippen LogP contribution in [-0.2, 0) is 9.53 Å². The van der Waals surface area contributed by atoms with Crippen LogP contribution in [0.1, 0.15) is 43.7 Å². The van der Waals surface area contributed by atoms with Crippen molar-refractivity contribution >= 4 is 29.0 Å². The number of carbonyl (C=O) groups excluding carboxylic acids is 2. The summed E-state index contributed by atoms with van der Waals surface area (Å²) in [7, 11) is 3.19. The zero-order valence-corrected chi connectivity index (χ0v) is 20.6. The number of nitrogens with one attached hydrogen (secondary N) is 1. The predicted octanol–water partition coefficient (Wildman–Crippen LogP) is 3.89. The Hall–Kier alpha value is -2.91. The minimum atomic E-state index is -0.421. The van der Waals surface area contributed by atoms with Crippen molar-refractivity contribution in [2.75, 3.05) is 33.9 Å². The van der Waals surface area contributed by atoms with Crippen molar-refractivity contribution in [3.63, 3.8) is 0 Å². The lowest BCUT2D eigenvalue weighted by Crippen LogP contribution is -2.52. The van der Waals surface area contributed by atoms with Crippen LogP contribution in [0.15, 0.2) is 46.9 Å². The molecule has 2 heterocycles. The Balaban J connectivity index is 1.85. The molecule has 0 bridgehead atoms. The fourth-order valence-electron chi connectivity index (χ4n) is 3.51. The number of hydrazone groups is 1. The summed E-state index contributed by atoms with van der Waals surface area (Å²) in [6.07, 6.45) is 0.602. The third kappa shape index (κ3) is 6.55. The molecule has 1 aliphatic rings. The number of ether oxygens (including phenoxy) is 2. The Morgan fingerprint density at radius 3 is 2.52 bits per heavy atom. The summed E-state index contributed by atoms with van der Waals surface area (Å²) in [4.78, 5) is 28.8. The first-order chi connectivity index (χ1) is 15.7. The predicted molar refractivity (Wildman–Crippen MR) is 130 cm³/mol. The molecule has 1 aliphatic heterocycles. The van der Waals surface area contributed by atoms with E-state index >= 15 is 0 Å². The van der Waals surface area contributed by atoms with Crippen LogP contribution in [0.4, 0.5) is 4.79 Å². The lowest BCUT2D eigenvalue weighted by molar-refractivity contribution is -0.133. The minimum Gasteiger partial charge on any atom is -0.497 e. The highest BCUT2D eigenvalue weighted by molar-refractivity contribution is 7.12. The summed E-state index contributed by atoms with van der Waals surface area (Å²) in [5.74, 6) is 0.501. The van der Waals surface area contributed by atoms with Gasteiger partial charge in [0.2, 0.25) is 0 Å². The van der Waals surface area contributed by atoms with Gasteiger partial charge in [-0.3, -0.25) is 4.79 Å². The van der Waals surface area contributed by atoms with Crippen molar-refractivity contribution in [1.82, 2.24) is 15.2 Å². The third-order valence-electron chi connectivity index (χ3n) is 5.13. The van der Waals surface area contributed by atoms with Crippen molar-refractivity contribution in [3.8, 4) is 5.75 Å². The van der Waals surface area contributed by atoms with Gasteiger partial charge in [-0.05, 0) is 49.9 Å². The number of thiophene rings is 1. The van der Waals surface area contributed by atoms with Crippen molar-refractivity contribution in [2.45, 2.75) is 38.8 Å². The smallest absolute Gasteiger partial charge is 0.318 e. The highest BCUT2D eigenvalue weighted by atomic mass is 32.1. The molecular weight excluding hydrogens is 440 g/mol. The maximum Gasteiger partial charge on any atom is 0.318 e. The maximum absolute atomic E-state index is 13.4. The standard InChI is InChI=1S/C24H32N4O4S/c1-24(2,3)25-23(30)27(12-13-31-4)16-22(29)28-20(17-8-10-18(32-5)11-9-17)15-19(26-28)21-7-6-14-33-21/h6-11,14,20H,12-13,15-16H2,1-5H3,(H,25,30)/t20-/m1/s1.